The van der Waals surface area contributed by atoms with Crippen LogP contribution in [0.15, 0.2) is 35.2 Å². The van der Waals surface area contributed by atoms with Crippen LogP contribution in [-0.2, 0) is 10.0 Å². The molecule has 2 heterocycles. The molecule has 1 aliphatic heterocycles. The smallest absolute Gasteiger partial charge is 0.243 e. The number of hydrogen-bond acceptors (Lipinski definition) is 7. The Hall–Kier alpha value is -2.52. The molecule has 0 saturated carbocycles. The van der Waals surface area contributed by atoms with Gasteiger partial charge in [0.2, 0.25) is 16.0 Å². The Balaban J connectivity index is 1.75. The Kier molecular flexibility index (Phi) is 5.95. The Morgan fingerprint density at radius 1 is 1.14 bits per heavy atom. The van der Waals surface area contributed by atoms with Crippen molar-refractivity contribution in [3.05, 3.63) is 41.6 Å². The van der Waals surface area contributed by atoms with Gasteiger partial charge in [0.05, 0.1) is 4.90 Å². The van der Waals surface area contributed by atoms with Crippen LogP contribution in [0.3, 0.4) is 0 Å². The average molecular weight is 404 g/mol. The van der Waals surface area contributed by atoms with E-state index >= 15 is 0 Å². The van der Waals surface area contributed by atoms with Crippen LogP contribution in [0.2, 0.25) is 0 Å². The molecular weight excluding hydrogens is 378 g/mol. The summed E-state index contributed by atoms with van der Waals surface area (Å²) < 4.78 is 27.4. The van der Waals surface area contributed by atoms with Gasteiger partial charge in [0.15, 0.2) is 5.78 Å². The minimum absolute atomic E-state index is 0.148. The predicted molar refractivity (Wildman–Crippen MR) is 108 cm³/mol. The molecule has 0 spiro atoms. The number of carbonyl (C=O) groups is 1. The fourth-order valence-corrected chi connectivity index (χ4v) is 4.59. The zero-order valence-electron chi connectivity index (χ0n) is 16.3. The van der Waals surface area contributed by atoms with Crippen molar-refractivity contribution in [2.75, 3.05) is 42.9 Å². The van der Waals surface area contributed by atoms with Crippen LogP contribution in [0, 0.1) is 6.92 Å². The molecule has 2 aromatic rings. The monoisotopic (exact) mass is 403 g/mol. The van der Waals surface area contributed by atoms with Crippen molar-refractivity contribution in [3.63, 3.8) is 0 Å². The second-order valence-corrected chi connectivity index (χ2v) is 8.64. The van der Waals surface area contributed by atoms with Gasteiger partial charge in [-0.1, -0.05) is 12.1 Å². The molecule has 8 nitrogen and oxygen atoms in total. The van der Waals surface area contributed by atoms with Crippen LogP contribution in [0.25, 0.3) is 0 Å². The number of ketones is 1. The van der Waals surface area contributed by atoms with Crippen molar-refractivity contribution in [1.82, 2.24) is 14.3 Å². The van der Waals surface area contributed by atoms with Crippen LogP contribution >= 0.6 is 0 Å². The van der Waals surface area contributed by atoms with Gasteiger partial charge in [0, 0.05) is 50.0 Å². The lowest BCUT2D eigenvalue weighted by Crippen LogP contribution is -2.49. The third-order valence-electron chi connectivity index (χ3n) is 4.60. The number of anilines is 2. The molecule has 3 rings (SSSR count). The third kappa shape index (κ3) is 4.31. The van der Waals surface area contributed by atoms with Gasteiger partial charge in [-0.2, -0.15) is 9.29 Å². The fourth-order valence-electron chi connectivity index (χ4n) is 3.12. The molecule has 0 atom stereocenters. The van der Waals surface area contributed by atoms with Crippen LogP contribution in [0.1, 0.15) is 29.9 Å². The summed E-state index contributed by atoms with van der Waals surface area (Å²) >= 11 is 0. The summed E-state index contributed by atoms with van der Waals surface area (Å²) in [7, 11) is -3.65. The highest BCUT2D eigenvalue weighted by molar-refractivity contribution is 7.89. The lowest BCUT2D eigenvalue weighted by atomic mass is 10.2. The van der Waals surface area contributed by atoms with E-state index in [4.69, 9.17) is 0 Å². The molecule has 1 aliphatic rings. The Morgan fingerprint density at radius 3 is 2.50 bits per heavy atom. The molecule has 28 heavy (non-hydrogen) atoms. The number of aryl methyl sites for hydroxylation is 1. The molecule has 1 N–H and O–H groups in total. The summed E-state index contributed by atoms with van der Waals surface area (Å²) in [5.74, 6) is 1.21. The first-order valence-corrected chi connectivity index (χ1v) is 10.7. The summed E-state index contributed by atoms with van der Waals surface area (Å²) in [4.78, 5) is 22.7. The molecule has 1 fully saturated rings. The largest absolute Gasteiger partial charge is 0.370 e. The molecule has 0 amide bonds. The Bertz CT molecular complexity index is 969. The average Bonchev–Trinajstić information content (AvgIpc) is 2.68. The van der Waals surface area contributed by atoms with Gasteiger partial charge in [-0.05, 0) is 32.9 Å². The van der Waals surface area contributed by atoms with Crippen molar-refractivity contribution in [1.29, 1.82) is 0 Å². The van der Waals surface area contributed by atoms with Gasteiger partial charge in [0.25, 0.3) is 0 Å². The second-order valence-electron chi connectivity index (χ2n) is 6.70. The summed E-state index contributed by atoms with van der Waals surface area (Å²) in [6, 6.07) is 8.08. The van der Waals surface area contributed by atoms with E-state index in [9.17, 15) is 13.2 Å². The van der Waals surface area contributed by atoms with Crippen molar-refractivity contribution in [2.24, 2.45) is 0 Å². The van der Waals surface area contributed by atoms with Crippen LogP contribution in [-0.4, -0.2) is 61.2 Å². The molecule has 150 valence electrons. The van der Waals surface area contributed by atoms with Gasteiger partial charge in [0.1, 0.15) is 5.82 Å². The molecular formula is C19H25N5O3S. The summed E-state index contributed by atoms with van der Waals surface area (Å²) in [5.41, 5.74) is 1.25. The van der Waals surface area contributed by atoms with Gasteiger partial charge < -0.3 is 10.2 Å². The van der Waals surface area contributed by atoms with E-state index in [0.717, 1.165) is 18.1 Å². The van der Waals surface area contributed by atoms with Crippen molar-refractivity contribution in [3.8, 4) is 0 Å². The molecule has 0 unspecified atom stereocenters. The third-order valence-corrected chi connectivity index (χ3v) is 6.49. The molecule has 1 aromatic carbocycles. The number of aromatic nitrogens is 2. The fraction of sp³-hybridized carbons (Fsp3) is 0.421. The van der Waals surface area contributed by atoms with Crippen LogP contribution < -0.4 is 10.2 Å². The van der Waals surface area contributed by atoms with Crippen LogP contribution in [0.5, 0.6) is 0 Å². The molecule has 0 aliphatic carbocycles. The van der Waals surface area contributed by atoms with Crippen molar-refractivity contribution < 1.29 is 13.2 Å². The first-order chi connectivity index (χ1) is 13.3. The summed E-state index contributed by atoms with van der Waals surface area (Å²) in [6.45, 7) is 7.77. The predicted octanol–water partition coefficient (Wildman–Crippen LogP) is 1.93. The number of hydrogen-bond donors (Lipinski definition) is 1. The number of piperazine rings is 1. The topological polar surface area (TPSA) is 95.5 Å². The van der Waals surface area contributed by atoms with Crippen molar-refractivity contribution in [2.45, 2.75) is 25.7 Å². The van der Waals surface area contributed by atoms with E-state index in [1.165, 1.54) is 23.4 Å². The molecule has 1 saturated heterocycles. The normalized spacial score (nSPS) is 15.5. The maximum Gasteiger partial charge on any atom is 0.243 e. The standard InChI is InChI=1S/C19H25N5O3S/c1-4-20-18-12-14(2)21-19(22-18)23-8-10-24(11-9-23)28(26,27)17-7-5-6-16(13-17)15(3)25/h5-7,12-13H,4,8-11H2,1-3H3,(H,20,21,22). The first-order valence-electron chi connectivity index (χ1n) is 9.27. The lowest BCUT2D eigenvalue weighted by Gasteiger charge is -2.34. The minimum Gasteiger partial charge on any atom is -0.370 e. The zero-order valence-corrected chi connectivity index (χ0v) is 17.2. The first kappa shape index (κ1) is 20.2. The molecule has 1 aromatic heterocycles. The van der Waals surface area contributed by atoms with Crippen LogP contribution in [0.4, 0.5) is 11.8 Å². The summed E-state index contributed by atoms with van der Waals surface area (Å²) in [5, 5.41) is 3.19. The Labute approximate surface area is 165 Å². The molecule has 0 radical (unpaired) electrons. The number of sulfonamides is 1. The van der Waals surface area contributed by atoms with E-state index in [1.807, 2.05) is 24.8 Å². The van der Waals surface area contributed by atoms with Gasteiger partial charge in [-0.3, -0.25) is 4.79 Å². The summed E-state index contributed by atoms with van der Waals surface area (Å²) in [6.07, 6.45) is 0. The second kappa shape index (κ2) is 8.24. The van der Waals surface area contributed by atoms with Crippen molar-refractivity contribution >= 4 is 27.6 Å². The lowest BCUT2D eigenvalue weighted by molar-refractivity contribution is 0.101. The van der Waals surface area contributed by atoms with E-state index in [2.05, 4.69) is 15.3 Å². The van der Waals surface area contributed by atoms with E-state index in [0.29, 0.717) is 37.7 Å². The minimum atomic E-state index is -3.65. The number of rotatable bonds is 6. The van der Waals surface area contributed by atoms with E-state index < -0.39 is 10.0 Å². The van der Waals surface area contributed by atoms with Gasteiger partial charge in [-0.25, -0.2) is 13.4 Å². The highest BCUT2D eigenvalue weighted by Gasteiger charge is 2.29. The number of benzene rings is 1. The molecule has 9 heteroatoms. The van der Waals surface area contributed by atoms with Gasteiger partial charge in [-0.15, -0.1) is 0 Å². The van der Waals surface area contributed by atoms with E-state index in [-0.39, 0.29) is 10.7 Å². The highest BCUT2D eigenvalue weighted by Crippen LogP contribution is 2.21. The number of nitrogens with zero attached hydrogens (tertiary/aromatic N) is 4. The SMILES string of the molecule is CCNc1cc(C)nc(N2CCN(S(=O)(=O)c3cccc(C(C)=O)c3)CC2)n1. The number of Topliss-reactive ketones (excluding diaryl/α,β-unsaturated/α-hetero) is 1. The maximum absolute atomic E-state index is 13.0. The van der Waals surface area contributed by atoms with Gasteiger partial charge >= 0.3 is 0 Å². The molecule has 0 bridgehead atoms. The number of nitrogens with one attached hydrogen (secondary N) is 1. The number of carbonyl (C=O) groups excluding carboxylic acids is 1. The maximum atomic E-state index is 13.0. The highest BCUT2D eigenvalue weighted by atomic mass is 32.2. The zero-order chi connectivity index (χ0) is 20.3. The Morgan fingerprint density at radius 2 is 1.86 bits per heavy atom. The quantitative estimate of drug-likeness (QED) is 0.736. The van der Waals surface area contributed by atoms with E-state index in [1.54, 1.807) is 12.1 Å².